The number of hydrogen-bond acceptors (Lipinski definition) is 2. The Morgan fingerprint density at radius 2 is 2.27 bits per heavy atom. The highest BCUT2D eigenvalue weighted by molar-refractivity contribution is 6.33. The molecule has 1 heterocycles. The van der Waals surface area contributed by atoms with E-state index in [1.54, 1.807) is 6.20 Å². The highest BCUT2D eigenvalue weighted by atomic mass is 35.5. The molecule has 15 heavy (non-hydrogen) atoms. The summed E-state index contributed by atoms with van der Waals surface area (Å²) in [6, 6.07) is 2.50. The quantitative estimate of drug-likeness (QED) is 0.758. The van der Waals surface area contributed by atoms with E-state index in [9.17, 15) is 0 Å². The Bertz CT molecular complexity index is 350. The molecular weight excluding hydrogens is 231 g/mol. The predicted molar refractivity (Wildman–Crippen MR) is 64.8 cm³/mol. The molecule has 0 spiro atoms. The van der Waals surface area contributed by atoms with Gasteiger partial charge in [0.25, 0.3) is 0 Å². The highest BCUT2D eigenvalue weighted by Crippen LogP contribution is 2.31. The zero-order chi connectivity index (χ0) is 10.8. The molecule has 1 aromatic heterocycles. The maximum Gasteiger partial charge on any atom is 0.147 e. The van der Waals surface area contributed by atoms with Gasteiger partial charge in [0.2, 0.25) is 0 Å². The summed E-state index contributed by atoms with van der Waals surface area (Å²) in [5.41, 5.74) is 0.965. The van der Waals surface area contributed by atoms with Crippen molar-refractivity contribution >= 4 is 29.0 Å². The molecule has 0 atom stereocenters. The maximum absolute atomic E-state index is 6.17. The molecular formula is C11H14Cl2N2. The summed E-state index contributed by atoms with van der Waals surface area (Å²) in [5, 5.41) is 0.697. The Labute approximate surface area is 100 Å². The van der Waals surface area contributed by atoms with Gasteiger partial charge in [-0.2, -0.15) is 0 Å². The van der Waals surface area contributed by atoms with Crippen LogP contribution in [0, 0.1) is 0 Å². The predicted octanol–water partition coefficient (Wildman–Crippen LogP) is 3.46. The Hall–Kier alpha value is -0.470. The van der Waals surface area contributed by atoms with Crippen molar-refractivity contribution in [2.24, 2.45) is 0 Å². The Morgan fingerprint density at radius 3 is 2.73 bits per heavy atom. The molecule has 0 unspecified atom stereocenters. The van der Waals surface area contributed by atoms with Crippen molar-refractivity contribution in [2.45, 2.75) is 31.2 Å². The van der Waals surface area contributed by atoms with Gasteiger partial charge in [0.05, 0.1) is 5.02 Å². The SMILES string of the molecule is CN(c1ncc(CCl)cc1Cl)C1CCC1. The number of halogens is 2. The van der Waals surface area contributed by atoms with Gasteiger partial charge in [-0.15, -0.1) is 11.6 Å². The zero-order valence-electron chi connectivity index (χ0n) is 8.71. The summed E-state index contributed by atoms with van der Waals surface area (Å²) >= 11 is 11.9. The number of hydrogen-bond donors (Lipinski definition) is 0. The van der Waals surface area contributed by atoms with E-state index in [0.717, 1.165) is 11.4 Å². The lowest BCUT2D eigenvalue weighted by atomic mass is 9.92. The number of alkyl halides is 1. The van der Waals surface area contributed by atoms with Crippen molar-refractivity contribution in [3.8, 4) is 0 Å². The molecule has 4 heteroatoms. The average Bonchev–Trinajstić information content (AvgIpc) is 2.14. The zero-order valence-corrected chi connectivity index (χ0v) is 10.2. The van der Waals surface area contributed by atoms with Crippen LogP contribution in [0.25, 0.3) is 0 Å². The minimum Gasteiger partial charge on any atom is -0.355 e. The monoisotopic (exact) mass is 244 g/mol. The third-order valence-electron chi connectivity index (χ3n) is 2.99. The van der Waals surface area contributed by atoms with Crippen LogP contribution in [-0.2, 0) is 5.88 Å². The molecule has 2 nitrogen and oxygen atoms in total. The minimum absolute atomic E-state index is 0.458. The van der Waals surface area contributed by atoms with Crippen LogP contribution in [0.3, 0.4) is 0 Å². The number of rotatable bonds is 3. The first kappa shape index (κ1) is 11.0. The molecule has 0 N–H and O–H groups in total. The minimum atomic E-state index is 0.458. The van der Waals surface area contributed by atoms with Gasteiger partial charge >= 0.3 is 0 Å². The van der Waals surface area contributed by atoms with Gasteiger partial charge in [-0.3, -0.25) is 0 Å². The first-order chi connectivity index (χ1) is 7.22. The van der Waals surface area contributed by atoms with Crippen molar-refractivity contribution in [2.75, 3.05) is 11.9 Å². The molecule has 0 amide bonds. The van der Waals surface area contributed by atoms with Gasteiger partial charge in [0.1, 0.15) is 5.82 Å². The van der Waals surface area contributed by atoms with Crippen molar-refractivity contribution in [1.82, 2.24) is 4.98 Å². The van der Waals surface area contributed by atoms with Crippen LogP contribution in [-0.4, -0.2) is 18.1 Å². The summed E-state index contributed by atoms with van der Waals surface area (Å²) in [6.45, 7) is 0. The fourth-order valence-electron chi connectivity index (χ4n) is 1.75. The summed E-state index contributed by atoms with van der Waals surface area (Å²) in [7, 11) is 2.05. The fraction of sp³-hybridized carbons (Fsp3) is 0.545. The molecule has 1 aromatic rings. The topological polar surface area (TPSA) is 16.1 Å². The number of anilines is 1. The Morgan fingerprint density at radius 1 is 1.53 bits per heavy atom. The molecule has 82 valence electrons. The second-order valence-corrected chi connectivity index (χ2v) is 4.65. The highest BCUT2D eigenvalue weighted by Gasteiger charge is 2.24. The fourth-order valence-corrected chi connectivity index (χ4v) is 2.22. The van der Waals surface area contributed by atoms with Crippen molar-refractivity contribution < 1.29 is 0 Å². The third-order valence-corrected chi connectivity index (χ3v) is 3.58. The molecule has 1 saturated carbocycles. The maximum atomic E-state index is 6.17. The summed E-state index contributed by atoms with van der Waals surface area (Å²) < 4.78 is 0. The molecule has 0 bridgehead atoms. The molecule has 0 aliphatic heterocycles. The second-order valence-electron chi connectivity index (χ2n) is 3.98. The summed E-state index contributed by atoms with van der Waals surface area (Å²) in [5.74, 6) is 1.33. The summed E-state index contributed by atoms with van der Waals surface area (Å²) in [6.07, 6.45) is 5.59. The molecule has 1 fully saturated rings. The van der Waals surface area contributed by atoms with E-state index in [0.29, 0.717) is 16.9 Å². The normalized spacial score (nSPS) is 16.2. The van der Waals surface area contributed by atoms with E-state index in [1.807, 2.05) is 6.07 Å². The Balaban J connectivity index is 2.19. The summed E-state index contributed by atoms with van der Waals surface area (Å²) in [4.78, 5) is 6.53. The van der Waals surface area contributed by atoms with E-state index in [2.05, 4.69) is 16.9 Å². The molecule has 1 aliphatic rings. The largest absolute Gasteiger partial charge is 0.355 e. The van der Waals surface area contributed by atoms with Crippen LogP contribution in [0.4, 0.5) is 5.82 Å². The van der Waals surface area contributed by atoms with Gasteiger partial charge in [-0.25, -0.2) is 4.98 Å². The van der Waals surface area contributed by atoms with Gasteiger partial charge in [0, 0.05) is 25.2 Å². The van der Waals surface area contributed by atoms with E-state index in [-0.39, 0.29) is 0 Å². The lowest BCUT2D eigenvalue weighted by Crippen LogP contribution is -2.37. The molecule has 0 saturated heterocycles. The van der Waals surface area contributed by atoms with Crippen molar-refractivity contribution in [3.63, 3.8) is 0 Å². The smallest absolute Gasteiger partial charge is 0.147 e. The molecule has 0 radical (unpaired) electrons. The van der Waals surface area contributed by atoms with E-state index < -0.39 is 0 Å². The van der Waals surface area contributed by atoms with Gasteiger partial charge in [-0.05, 0) is 30.9 Å². The number of aromatic nitrogens is 1. The average molecular weight is 245 g/mol. The van der Waals surface area contributed by atoms with E-state index in [1.165, 1.54) is 19.3 Å². The second kappa shape index (κ2) is 4.58. The molecule has 1 aliphatic carbocycles. The van der Waals surface area contributed by atoms with Gasteiger partial charge in [-0.1, -0.05) is 11.6 Å². The van der Waals surface area contributed by atoms with Crippen LogP contribution in [0.5, 0.6) is 0 Å². The van der Waals surface area contributed by atoms with Crippen LogP contribution < -0.4 is 4.90 Å². The lowest BCUT2D eigenvalue weighted by molar-refractivity contribution is 0.399. The van der Waals surface area contributed by atoms with Gasteiger partial charge < -0.3 is 4.90 Å². The van der Waals surface area contributed by atoms with Gasteiger partial charge in [0.15, 0.2) is 0 Å². The number of pyridine rings is 1. The van der Waals surface area contributed by atoms with Crippen molar-refractivity contribution in [1.29, 1.82) is 0 Å². The van der Waals surface area contributed by atoms with Crippen molar-refractivity contribution in [3.05, 3.63) is 22.8 Å². The molecule has 0 aromatic carbocycles. The van der Waals surface area contributed by atoms with Crippen LogP contribution in [0.15, 0.2) is 12.3 Å². The van der Waals surface area contributed by atoms with E-state index in [4.69, 9.17) is 23.2 Å². The van der Waals surface area contributed by atoms with Crippen LogP contribution in [0.2, 0.25) is 5.02 Å². The lowest BCUT2D eigenvalue weighted by Gasteiger charge is -2.35. The third kappa shape index (κ3) is 2.21. The van der Waals surface area contributed by atoms with Crippen LogP contribution in [0.1, 0.15) is 24.8 Å². The molecule has 2 rings (SSSR count). The first-order valence-corrected chi connectivity index (χ1v) is 6.07. The number of nitrogens with zero attached hydrogens (tertiary/aromatic N) is 2. The standard InChI is InChI=1S/C11H14Cl2N2/c1-15(9-3-2-4-9)11-10(13)5-8(6-12)7-14-11/h5,7,9H,2-4,6H2,1H3. The van der Waals surface area contributed by atoms with E-state index >= 15 is 0 Å². The Kier molecular flexibility index (Phi) is 3.37. The van der Waals surface area contributed by atoms with Crippen LogP contribution >= 0.6 is 23.2 Å². The first-order valence-electron chi connectivity index (χ1n) is 5.15.